The van der Waals surface area contributed by atoms with Crippen molar-refractivity contribution >= 4 is 15.9 Å². The molecule has 0 radical (unpaired) electrons. The zero-order chi connectivity index (χ0) is 15.4. The SMILES string of the molecule is COc1cc(COc2cc(Br)cc(F)c2F)ccc1C#N. The standard InChI is InChI=1S/C15H10BrF2NO2/c1-20-13-4-9(2-3-10(13)7-19)8-21-14-6-11(16)5-12(17)15(14)18/h2-6H,8H2,1H3. The van der Waals surface area contributed by atoms with Gasteiger partial charge in [0.25, 0.3) is 0 Å². The maximum absolute atomic E-state index is 13.6. The average molecular weight is 354 g/mol. The molecule has 0 unspecified atom stereocenters. The van der Waals surface area contributed by atoms with Gasteiger partial charge < -0.3 is 9.47 Å². The first kappa shape index (κ1) is 15.3. The van der Waals surface area contributed by atoms with Gasteiger partial charge in [-0.05, 0) is 29.8 Å². The second-order valence-electron chi connectivity index (χ2n) is 4.13. The third-order valence-electron chi connectivity index (χ3n) is 2.74. The number of nitrogens with zero attached hydrogens (tertiary/aromatic N) is 1. The third-order valence-corrected chi connectivity index (χ3v) is 3.20. The summed E-state index contributed by atoms with van der Waals surface area (Å²) in [4.78, 5) is 0. The number of ether oxygens (including phenoxy) is 2. The van der Waals surface area contributed by atoms with E-state index in [1.165, 1.54) is 13.2 Å². The number of hydrogen-bond donors (Lipinski definition) is 0. The van der Waals surface area contributed by atoms with Crippen LogP contribution in [0.1, 0.15) is 11.1 Å². The first-order valence-corrected chi connectivity index (χ1v) is 6.69. The topological polar surface area (TPSA) is 42.2 Å². The van der Waals surface area contributed by atoms with Crippen molar-refractivity contribution in [3.05, 3.63) is 57.6 Å². The van der Waals surface area contributed by atoms with E-state index >= 15 is 0 Å². The molecule has 3 nitrogen and oxygen atoms in total. The smallest absolute Gasteiger partial charge is 0.200 e. The highest BCUT2D eigenvalue weighted by Crippen LogP contribution is 2.27. The zero-order valence-electron chi connectivity index (χ0n) is 11.0. The molecule has 0 aliphatic rings. The van der Waals surface area contributed by atoms with Crippen LogP contribution in [-0.2, 0) is 6.61 Å². The van der Waals surface area contributed by atoms with Crippen molar-refractivity contribution < 1.29 is 18.3 Å². The molecule has 6 heteroatoms. The maximum atomic E-state index is 13.6. The molecule has 0 fully saturated rings. The Morgan fingerprint density at radius 1 is 1.19 bits per heavy atom. The Morgan fingerprint density at radius 3 is 2.62 bits per heavy atom. The summed E-state index contributed by atoms with van der Waals surface area (Å²) in [6.07, 6.45) is 0. The van der Waals surface area contributed by atoms with Gasteiger partial charge in [0.05, 0.1) is 12.7 Å². The summed E-state index contributed by atoms with van der Waals surface area (Å²) in [7, 11) is 1.45. The number of rotatable bonds is 4. The van der Waals surface area contributed by atoms with Crippen molar-refractivity contribution in [2.24, 2.45) is 0 Å². The van der Waals surface area contributed by atoms with E-state index in [0.717, 1.165) is 6.07 Å². The van der Waals surface area contributed by atoms with E-state index < -0.39 is 11.6 Å². The molecule has 108 valence electrons. The summed E-state index contributed by atoms with van der Waals surface area (Å²) in [5, 5.41) is 8.89. The lowest BCUT2D eigenvalue weighted by Crippen LogP contribution is -2.00. The average Bonchev–Trinajstić information content (AvgIpc) is 2.49. The highest BCUT2D eigenvalue weighted by Gasteiger charge is 2.12. The largest absolute Gasteiger partial charge is 0.495 e. The fourth-order valence-electron chi connectivity index (χ4n) is 1.72. The molecule has 0 amide bonds. The maximum Gasteiger partial charge on any atom is 0.200 e. The Labute approximate surface area is 128 Å². The van der Waals surface area contributed by atoms with Crippen molar-refractivity contribution in [2.45, 2.75) is 6.61 Å². The normalized spacial score (nSPS) is 10.0. The molecule has 0 saturated carbocycles. The van der Waals surface area contributed by atoms with Crippen LogP contribution in [0.3, 0.4) is 0 Å². The monoisotopic (exact) mass is 353 g/mol. The molecule has 2 aromatic rings. The molecule has 0 heterocycles. The van der Waals surface area contributed by atoms with Gasteiger partial charge >= 0.3 is 0 Å². The van der Waals surface area contributed by atoms with Crippen LogP contribution in [0.5, 0.6) is 11.5 Å². The first-order chi connectivity index (χ1) is 10.0. The number of nitriles is 1. The molecule has 0 atom stereocenters. The minimum Gasteiger partial charge on any atom is -0.495 e. The van der Waals surface area contributed by atoms with Gasteiger partial charge in [0, 0.05) is 4.47 Å². The summed E-state index contributed by atoms with van der Waals surface area (Å²) < 4.78 is 37.5. The quantitative estimate of drug-likeness (QED) is 0.774. The van der Waals surface area contributed by atoms with Gasteiger partial charge in [-0.3, -0.25) is 0 Å². The van der Waals surface area contributed by atoms with Crippen molar-refractivity contribution in [1.82, 2.24) is 0 Å². The lowest BCUT2D eigenvalue weighted by Gasteiger charge is -2.10. The van der Waals surface area contributed by atoms with E-state index in [-0.39, 0.29) is 12.4 Å². The first-order valence-electron chi connectivity index (χ1n) is 5.89. The van der Waals surface area contributed by atoms with Crippen LogP contribution in [-0.4, -0.2) is 7.11 Å². The summed E-state index contributed by atoms with van der Waals surface area (Å²) in [5.41, 5.74) is 1.06. The molecule has 2 aromatic carbocycles. The number of benzene rings is 2. The molecule has 0 saturated heterocycles. The van der Waals surface area contributed by atoms with Crippen LogP contribution >= 0.6 is 15.9 Å². The third kappa shape index (κ3) is 3.50. The van der Waals surface area contributed by atoms with Gasteiger partial charge in [-0.2, -0.15) is 9.65 Å². The minimum absolute atomic E-state index is 0.0227. The van der Waals surface area contributed by atoms with Gasteiger partial charge in [0.1, 0.15) is 18.4 Å². The number of hydrogen-bond acceptors (Lipinski definition) is 3. The van der Waals surface area contributed by atoms with E-state index in [1.807, 2.05) is 6.07 Å². The minimum atomic E-state index is -1.04. The van der Waals surface area contributed by atoms with Crippen molar-refractivity contribution in [1.29, 1.82) is 5.26 Å². The molecule has 0 bridgehead atoms. The van der Waals surface area contributed by atoms with Crippen LogP contribution in [0.25, 0.3) is 0 Å². The van der Waals surface area contributed by atoms with Gasteiger partial charge in [0.15, 0.2) is 11.6 Å². The lowest BCUT2D eigenvalue weighted by molar-refractivity contribution is 0.283. The molecule has 0 N–H and O–H groups in total. The Morgan fingerprint density at radius 2 is 1.95 bits per heavy atom. The van der Waals surface area contributed by atoms with Gasteiger partial charge in [0.2, 0.25) is 5.82 Å². The van der Waals surface area contributed by atoms with E-state index in [2.05, 4.69) is 15.9 Å². The summed E-state index contributed by atoms with van der Waals surface area (Å²) in [6.45, 7) is 0.0227. The van der Waals surface area contributed by atoms with Gasteiger partial charge in [-0.1, -0.05) is 22.0 Å². The molecule has 2 rings (SSSR count). The van der Waals surface area contributed by atoms with Crippen LogP contribution in [0.4, 0.5) is 8.78 Å². The van der Waals surface area contributed by atoms with E-state index in [9.17, 15) is 8.78 Å². The fraction of sp³-hybridized carbons (Fsp3) is 0.133. The van der Waals surface area contributed by atoms with Crippen molar-refractivity contribution in [3.8, 4) is 17.6 Å². The molecular weight excluding hydrogens is 344 g/mol. The Bertz CT molecular complexity index is 714. The zero-order valence-corrected chi connectivity index (χ0v) is 12.6. The molecule has 0 aliphatic heterocycles. The van der Waals surface area contributed by atoms with Crippen LogP contribution in [0, 0.1) is 23.0 Å². The Balaban J connectivity index is 2.19. The molecule has 0 aliphatic carbocycles. The summed E-state index contributed by atoms with van der Waals surface area (Å²) >= 11 is 3.07. The number of halogens is 3. The van der Waals surface area contributed by atoms with Crippen molar-refractivity contribution in [3.63, 3.8) is 0 Å². The second kappa shape index (κ2) is 6.55. The van der Waals surface area contributed by atoms with Gasteiger partial charge in [-0.25, -0.2) is 4.39 Å². The van der Waals surface area contributed by atoms with Crippen molar-refractivity contribution in [2.75, 3.05) is 7.11 Å². The lowest BCUT2D eigenvalue weighted by atomic mass is 10.1. The van der Waals surface area contributed by atoms with E-state index in [0.29, 0.717) is 21.3 Å². The fourth-order valence-corrected chi connectivity index (χ4v) is 2.13. The Hall–Kier alpha value is -2.13. The molecule has 0 aromatic heterocycles. The molecule has 21 heavy (non-hydrogen) atoms. The number of methoxy groups -OCH3 is 1. The van der Waals surface area contributed by atoms with Gasteiger partial charge in [-0.15, -0.1) is 0 Å². The van der Waals surface area contributed by atoms with Crippen LogP contribution < -0.4 is 9.47 Å². The highest BCUT2D eigenvalue weighted by atomic mass is 79.9. The van der Waals surface area contributed by atoms with Crippen LogP contribution in [0.15, 0.2) is 34.8 Å². The van der Waals surface area contributed by atoms with Crippen LogP contribution in [0.2, 0.25) is 0 Å². The predicted molar refractivity (Wildman–Crippen MR) is 76.1 cm³/mol. The second-order valence-corrected chi connectivity index (χ2v) is 5.05. The summed E-state index contributed by atoms with van der Waals surface area (Å²) in [6, 6.07) is 9.21. The Kier molecular flexibility index (Phi) is 4.76. The van der Waals surface area contributed by atoms with E-state index in [4.69, 9.17) is 14.7 Å². The molecular formula is C15H10BrF2NO2. The van der Waals surface area contributed by atoms with E-state index in [1.54, 1.807) is 18.2 Å². The highest BCUT2D eigenvalue weighted by molar-refractivity contribution is 9.10. The summed E-state index contributed by atoms with van der Waals surface area (Å²) in [5.74, 6) is -1.82. The predicted octanol–water partition coefficient (Wildman–Crippen LogP) is 4.19. The molecule has 0 spiro atoms.